The van der Waals surface area contributed by atoms with Crippen molar-refractivity contribution in [2.24, 2.45) is 0 Å². The maximum absolute atomic E-state index is 9.53. The van der Waals surface area contributed by atoms with Crippen LogP contribution in [0.1, 0.15) is 27.8 Å². The molecule has 0 amide bonds. The van der Waals surface area contributed by atoms with Crippen LogP contribution in [0.3, 0.4) is 0 Å². The zero-order chi connectivity index (χ0) is 42.4. The molecule has 4 nitrogen and oxygen atoms in total. The molecular weight excluding hydrogens is 797 g/mol. The molecule has 0 atom stereocenters. The molecule has 64 heavy (non-hydrogen) atoms. The predicted molar refractivity (Wildman–Crippen MR) is 261 cm³/mol. The van der Waals surface area contributed by atoms with Crippen LogP contribution in [0.2, 0.25) is 0 Å². The summed E-state index contributed by atoms with van der Waals surface area (Å²) in [7, 11) is 0. The van der Waals surface area contributed by atoms with Crippen molar-refractivity contribution in [2.45, 2.75) is 5.41 Å². The highest BCUT2D eigenvalue weighted by Gasteiger charge is 2.51. The second-order valence-electron chi connectivity index (χ2n) is 16.6. The Hall–Kier alpha value is -8.30. The minimum absolute atomic E-state index is 0.376. The van der Waals surface area contributed by atoms with Gasteiger partial charge >= 0.3 is 0 Å². The van der Waals surface area contributed by atoms with Gasteiger partial charge in [-0.15, -0.1) is 11.3 Å². The molecule has 0 bridgehead atoms. The molecule has 13 rings (SSSR count). The van der Waals surface area contributed by atoms with Crippen LogP contribution in [0, 0.1) is 11.3 Å². The molecule has 5 heteroatoms. The molecule has 2 aromatic heterocycles. The third kappa shape index (κ3) is 5.43. The molecule has 296 valence electrons. The zero-order valence-electron chi connectivity index (χ0n) is 34.3. The van der Waals surface area contributed by atoms with E-state index in [1.807, 2.05) is 48.5 Å². The van der Waals surface area contributed by atoms with E-state index >= 15 is 0 Å². The number of fused-ring (bicyclic) bond motifs is 13. The van der Waals surface area contributed by atoms with Gasteiger partial charge in [0.1, 0.15) is 0 Å². The second kappa shape index (κ2) is 14.1. The number of rotatable bonds is 5. The Kier molecular flexibility index (Phi) is 8.02. The normalized spacial score (nSPS) is 12.8. The standard InChI is InChI=1S/C59H34N4S/c60-35-36-21-30-54-49(31-36)48-29-27-43(34-55(48)64-54)58-62-56(39-11-2-1-3-12-39)61-57(63-58)42-14-10-13-40(32-42)37-22-24-38(25-23-37)41-26-28-47-46-17-6-9-20-52(46)59(53(47)33-41)50-18-7-4-15-44(50)45-16-5-8-19-51(45)59/h1-34H. The summed E-state index contributed by atoms with van der Waals surface area (Å²) in [6, 6.07) is 76.0. The van der Waals surface area contributed by atoms with Crippen molar-refractivity contribution in [2.75, 3.05) is 0 Å². The molecule has 1 spiro atoms. The Bertz CT molecular complexity index is 3680. The summed E-state index contributed by atoms with van der Waals surface area (Å²) < 4.78 is 2.26. The van der Waals surface area contributed by atoms with E-state index in [2.05, 4.69) is 164 Å². The van der Waals surface area contributed by atoms with Gasteiger partial charge in [0, 0.05) is 36.9 Å². The molecule has 0 N–H and O–H groups in total. The van der Waals surface area contributed by atoms with Crippen molar-refractivity contribution in [3.63, 3.8) is 0 Å². The van der Waals surface area contributed by atoms with Gasteiger partial charge in [-0.3, -0.25) is 0 Å². The lowest BCUT2D eigenvalue weighted by atomic mass is 9.70. The van der Waals surface area contributed by atoms with Crippen molar-refractivity contribution >= 4 is 31.5 Å². The van der Waals surface area contributed by atoms with E-state index in [1.54, 1.807) is 11.3 Å². The van der Waals surface area contributed by atoms with Crippen LogP contribution in [0.15, 0.2) is 206 Å². The highest BCUT2D eigenvalue weighted by Crippen LogP contribution is 2.63. The van der Waals surface area contributed by atoms with Crippen LogP contribution in [-0.2, 0) is 5.41 Å². The monoisotopic (exact) mass is 830 g/mol. The number of thiophene rings is 1. The second-order valence-corrected chi connectivity index (χ2v) is 17.7. The third-order valence-electron chi connectivity index (χ3n) is 13.2. The van der Waals surface area contributed by atoms with Gasteiger partial charge in [0.2, 0.25) is 0 Å². The van der Waals surface area contributed by atoms with E-state index < -0.39 is 0 Å². The van der Waals surface area contributed by atoms with E-state index in [9.17, 15) is 5.26 Å². The van der Waals surface area contributed by atoms with Crippen molar-refractivity contribution in [1.82, 2.24) is 15.0 Å². The first-order chi connectivity index (χ1) is 31.6. The number of hydrogen-bond donors (Lipinski definition) is 0. The van der Waals surface area contributed by atoms with E-state index in [0.717, 1.165) is 48.0 Å². The topological polar surface area (TPSA) is 62.5 Å². The minimum Gasteiger partial charge on any atom is -0.208 e. The molecule has 0 saturated heterocycles. The molecule has 0 aliphatic heterocycles. The van der Waals surface area contributed by atoms with Gasteiger partial charge < -0.3 is 0 Å². The van der Waals surface area contributed by atoms with Crippen LogP contribution in [-0.4, -0.2) is 15.0 Å². The zero-order valence-corrected chi connectivity index (χ0v) is 35.1. The van der Waals surface area contributed by atoms with E-state index in [0.29, 0.717) is 23.0 Å². The van der Waals surface area contributed by atoms with Crippen molar-refractivity contribution in [1.29, 1.82) is 5.26 Å². The first-order valence-corrected chi connectivity index (χ1v) is 22.3. The minimum atomic E-state index is -0.376. The fourth-order valence-corrected chi connectivity index (χ4v) is 11.4. The summed E-state index contributed by atoms with van der Waals surface area (Å²) in [5.41, 5.74) is 18.2. The number of benzene rings is 9. The largest absolute Gasteiger partial charge is 0.208 e. The molecule has 9 aromatic carbocycles. The molecule has 0 radical (unpaired) electrons. The molecule has 0 saturated carbocycles. The number of hydrogen-bond acceptors (Lipinski definition) is 5. The fourth-order valence-electron chi connectivity index (χ4n) is 10.3. The average Bonchev–Trinajstić information content (AvgIpc) is 4.00. The van der Waals surface area contributed by atoms with Crippen LogP contribution in [0.5, 0.6) is 0 Å². The van der Waals surface area contributed by atoms with Crippen molar-refractivity contribution in [3.05, 3.63) is 234 Å². The molecule has 0 fully saturated rings. The average molecular weight is 831 g/mol. The summed E-state index contributed by atoms with van der Waals surface area (Å²) >= 11 is 1.71. The van der Waals surface area contributed by atoms with Gasteiger partial charge in [0.15, 0.2) is 17.5 Å². The summed E-state index contributed by atoms with van der Waals surface area (Å²) in [5.74, 6) is 1.84. The van der Waals surface area contributed by atoms with Gasteiger partial charge in [-0.2, -0.15) is 5.26 Å². The Morgan fingerprint density at radius 2 is 0.844 bits per heavy atom. The molecule has 2 heterocycles. The summed E-state index contributed by atoms with van der Waals surface area (Å²) in [6.07, 6.45) is 0. The Morgan fingerprint density at radius 1 is 0.344 bits per heavy atom. The lowest BCUT2D eigenvalue weighted by molar-refractivity contribution is 0.794. The summed E-state index contributed by atoms with van der Waals surface area (Å²) in [5, 5.41) is 11.7. The molecule has 2 aliphatic rings. The Morgan fingerprint density at radius 3 is 1.48 bits per heavy atom. The number of aromatic nitrogens is 3. The van der Waals surface area contributed by atoms with Gasteiger partial charge in [-0.05, 0) is 103 Å². The third-order valence-corrected chi connectivity index (χ3v) is 14.3. The van der Waals surface area contributed by atoms with Gasteiger partial charge in [-0.1, -0.05) is 170 Å². The Balaban J connectivity index is 0.875. The van der Waals surface area contributed by atoms with E-state index in [-0.39, 0.29) is 5.41 Å². The van der Waals surface area contributed by atoms with E-state index in [4.69, 9.17) is 15.0 Å². The van der Waals surface area contributed by atoms with Crippen molar-refractivity contribution < 1.29 is 0 Å². The number of nitrogens with zero attached hydrogens (tertiary/aromatic N) is 4. The maximum Gasteiger partial charge on any atom is 0.164 e. The summed E-state index contributed by atoms with van der Waals surface area (Å²) in [4.78, 5) is 15.2. The quantitative estimate of drug-likeness (QED) is 0.173. The lowest BCUT2D eigenvalue weighted by Gasteiger charge is -2.30. The first-order valence-electron chi connectivity index (χ1n) is 21.5. The maximum atomic E-state index is 9.53. The SMILES string of the molecule is N#Cc1ccc2sc3cc(-c4nc(-c5ccccc5)nc(-c5cccc(-c6ccc(-c7ccc8c(c7)C7(c9ccccc9-c9ccccc97)c7ccccc7-8)cc6)c5)n4)ccc3c2c1. The van der Waals surface area contributed by atoms with Gasteiger partial charge in [-0.25, -0.2) is 15.0 Å². The first kappa shape index (κ1) is 36.4. The van der Waals surface area contributed by atoms with Crippen molar-refractivity contribution in [3.8, 4) is 84.7 Å². The smallest absolute Gasteiger partial charge is 0.164 e. The predicted octanol–water partition coefficient (Wildman–Crippen LogP) is 14.8. The van der Waals surface area contributed by atoms with Gasteiger partial charge in [0.05, 0.1) is 17.0 Å². The highest BCUT2D eigenvalue weighted by atomic mass is 32.1. The number of nitriles is 1. The van der Waals surface area contributed by atoms with Crippen LogP contribution in [0.25, 0.3) is 98.8 Å². The van der Waals surface area contributed by atoms with Crippen LogP contribution >= 0.6 is 11.3 Å². The molecule has 2 aliphatic carbocycles. The van der Waals surface area contributed by atoms with E-state index in [1.165, 1.54) is 55.6 Å². The molecule has 0 unspecified atom stereocenters. The van der Waals surface area contributed by atoms with Crippen LogP contribution in [0.4, 0.5) is 0 Å². The molecular formula is C59H34N4S. The Labute approximate surface area is 374 Å². The fraction of sp³-hybridized carbons (Fsp3) is 0.0169. The van der Waals surface area contributed by atoms with Gasteiger partial charge in [0.25, 0.3) is 0 Å². The highest BCUT2D eigenvalue weighted by molar-refractivity contribution is 7.25. The lowest BCUT2D eigenvalue weighted by Crippen LogP contribution is -2.25. The summed E-state index contributed by atoms with van der Waals surface area (Å²) in [6.45, 7) is 0. The molecule has 11 aromatic rings. The van der Waals surface area contributed by atoms with Crippen LogP contribution < -0.4 is 0 Å².